The van der Waals surface area contributed by atoms with Crippen LogP contribution < -0.4 is 0 Å². The highest BCUT2D eigenvalue weighted by atomic mass is 127. The lowest BCUT2D eigenvalue weighted by molar-refractivity contribution is -0.140. The van der Waals surface area contributed by atoms with E-state index in [1.807, 2.05) is 0 Å². The third-order valence-electron chi connectivity index (χ3n) is 1.46. The van der Waals surface area contributed by atoms with E-state index in [1.54, 1.807) is 0 Å². The van der Waals surface area contributed by atoms with Crippen molar-refractivity contribution in [2.45, 2.75) is 12.6 Å². The van der Waals surface area contributed by atoms with E-state index in [0.29, 0.717) is 6.07 Å². The Morgan fingerprint density at radius 2 is 1.86 bits per heavy atom. The number of hydrogen-bond acceptors (Lipinski definition) is 1. The monoisotopic (exact) mass is 323 g/mol. The molecule has 0 aliphatic carbocycles. The minimum atomic E-state index is -4.80. The molecule has 0 aromatic carbocycles. The summed E-state index contributed by atoms with van der Waals surface area (Å²) in [6.07, 6.45) is -7.02. The maximum atomic E-state index is 12.3. The van der Waals surface area contributed by atoms with E-state index in [0.717, 1.165) is 6.20 Å². The molecule has 0 radical (unpaired) electrons. The van der Waals surface area contributed by atoms with Gasteiger partial charge in [0.2, 0.25) is 0 Å². The summed E-state index contributed by atoms with van der Waals surface area (Å²) < 4.78 is 60.8. The number of alkyl halides is 5. The van der Waals surface area contributed by atoms with E-state index in [9.17, 15) is 22.0 Å². The minimum absolute atomic E-state index is 0.465. The summed E-state index contributed by atoms with van der Waals surface area (Å²) in [5.41, 5.74) is -2.38. The molecule has 1 aromatic heterocycles. The van der Waals surface area contributed by atoms with Crippen LogP contribution in [-0.2, 0) is 6.18 Å². The van der Waals surface area contributed by atoms with Gasteiger partial charge in [-0.05, 0) is 28.7 Å². The van der Waals surface area contributed by atoms with E-state index >= 15 is 0 Å². The Bertz CT molecular complexity index is 335. The molecular weight excluding hydrogens is 320 g/mol. The van der Waals surface area contributed by atoms with Crippen LogP contribution >= 0.6 is 22.6 Å². The standard InChI is InChI=1S/C7H3F5IN/c8-5(9)3-1-2-14-6(13)4(3)7(10,11)12/h1-2,5H. The fraction of sp³-hybridized carbons (Fsp3) is 0.286. The molecular formula is C7H3F5IN. The number of rotatable bonds is 1. The summed E-state index contributed by atoms with van der Waals surface area (Å²) in [7, 11) is 0. The van der Waals surface area contributed by atoms with Crippen molar-refractivity contribution in [1.29, 1.82) is 0 Å². The number of hydrogen-bond donors (Lipinski definition) is 0. The lowest BCUT2D eigenvalue weighted by Gasteiger charge is -2.12. The molecule has 1 aromatic rings. The molecule has 0 amide bonds. The van der Waals surface area contributed by atoms with Crippen LogP contribution in [0.5, 0.6) is 0 Å². The largest absolute Gasteiger partial charge is 0.419 e. The molecule has 14 heavy (non-hydrogen) atoms. The number of pyridine rings is 1. The third kappa shape index (κ3) is 2.31. The van der Waals surface area contributed by atoms with Gasteiger partial charge in [0.25, 0.3) is 6.43 Å². The summed E-state index contributed by atoms with van der Waals surface area (Å²) in [5, 5.41) is 0. The zero-order valence-electron chi connectivity index (χ0n) is 6.45. The Labute approximate surface area is 89.5 Å². The predicted molar refractivity (Wildman–Crippen MR) is 46.9 cm³/mol. The Morgan fingerprint density at radius 3 is 2.21 bits per heavy atom. The molecule has 0 saturated carbocycles. The van der Waals surface area contributed by atoms with Crippen molar-refractivity contribution >= 4 is 22.6 Å². The highest BCUT2D eigenvalue weighted by molar-refractivity contribution is 14.1. The molecule has 0 N–H and O–H groups in total. The van der Waals surface area contributed by atoms with Crippen molar-refractivity contribution in [3.63, 3.8) is 0 Å². The molecule has 1 heterocycles. The van der Waals surface area contributed by atoms with E-state index < -0.39 is 27.4 Å². The summed E-state index contributed by atoms with van der Waals surface area (Å²) in [5.74, 6) is 0. The Hall–Kier alpha value is -0.470. The van der Waals surface area contributed by atoms with Crippen molar-refractivity contribution in [3.8, 4) is 0 Å². The van der Waals surface area contributed by atoms with Crippen LogP contribution in [0.15, 0.2) is 12.3 Å². The zero-order valence-corrected chi connectivity index (χ0v) is 8.60. The van der Waals surface area contributed by atoms with Crippen LogP contribution in [0.1, 0.15) is 17.6 Å². The van der Waals surface area contributed by atoms with Crippen molar-refractivity contribution in [3.05, 3.63) is 27.1 Å². The Balaban J connectivity index is 3.38. The van der Waals surface area contributed by atoms with Gasteiger partial charge in [-0.3, -0.25) is 0 Å². The van der Waals surface area contributed by atoms with Crippen molar-refractivity contribution < 1.29 is 22.0 Å². The first kappa shape index (κ1) is 11.6. The minimum Gasteiger partial charge on any atom is -0.250 e. The molecule has 0 saturated heterocycles. The van der Waals surface area contributed by atoms with Gasteiger partial charge in [0.15, 0.2) is 0 Å². The molecule has 7 heteroatoms. The molecule has 1 rings (SSSR count). The van der Waals surface area contributed by atoms with Gasteiger partial charge in [0, 0.05) is 11.8 Å². The molecule has 0 fully saturated rings. The van der Waals surface area contributed by atoms with E-state index in [2.05, 4.69) is 4.98 Å². The molecule has 0 unspecified atom stereocenters. The van der Waals surface area contributed by atoms with E-state index in [1.165, 1.54) is 22.6 Å². The van der Waals surface area contributed by atoms with Gasteiger partial charge in [-0.25, -0.2) is 13.8 Å². The maximum Gasteiger partial charge on any atom is 0.419 e. The third-order valence-corrected chi connectivity index (χ3v) is 2.27. The molecule has 0 atom stereocenters. The van der Waals surface area contributed by atoms with Gasteiger partial charge in [0.1, 0.15) is 3.70 Å². The summed E-state index contributed by atoms with van der Waals surface area (Å²) in [6.45, 7) is 0. The smallest absolute Gasteiger partial charge is 0.250 e. The van der Waals surface area contributed by atoms with Crippen LogP contribution in [0.3, 0.4) is 0 Å². The first-order chi connectivity index (χ1) is 6.34. The van der Waals surface area contributed by atoms with Crippen LogP contribution in [-0.4, -0.2) is 4.98 Å². The summed E-state index contributed by atoms with van der Waals surface area (Å²) in [6, 6.07) is 0.676. The van der Waals surface area contributed by atoms with Gasteiger partial charge in [-0.15, -0.1) is 0 Å². The van der Waals surface area contributed by atoms with Crippen molar-refractivity contribution in [1.82, 2.24) is 4.98 Å². The molecule has 78 valence electrons. The average molecular weight is 323 g/mol. The first-order valence-corrected chi connectivity index (χ1v) is 4.41. The van der Waals surface area contributed by atoms with Crippen LogP contribution in [0.2, 0.25) is 0 Å². The van der Waals surface area contributed by atoms with Crippen molar-refractivity contribution in [2.75, 3.05) is 0 Å². The fourth-order valence-electron chi connectivity index (χ4n) is 0.912. The predicted octanol–water partition coefficient (Wildman–Crippen LogP) is 3.64. The second-order valence-electron chi connectivity index (χ2n) is 2.36. The Morgan fingerprint density at radius 1 is 1.29 bits per heavy atom. The van der Waals surface area contributed by atoms with Crippen LogP contribution in [0.25, 0.3) is 0 Å². The lowest BCUT2D eigenvalue weighted by atomic mass is 10.1. The number of halogens is 6. The highest BCUT2D eigenvalue weighted by Crippen LogP contribution is 2.38. The summed E-state index contributed by atoms with van der Waals surface area (Å²) in [4.78, 5) is 3.32. The normalized spacial score (nSPS) is 12.2. The van der Waals surface area contributed by atoms with Crippen LogP contribution in [0, 0.1) is 3.70 Å². The maximum absolute atomic E-state index is 12.3. The highest BCUT2D eigenvalue weighted by Gasteiger charge is 2.38. The van der Waals surface area contributed by atoms with Gasteiger partial charge < -0.3 is 0 Å². The molecule has 0 spiro atoms. The second kappa shape index (κ2) is 3.95. The molecule has 0 bridgehead atoms. The van der Waals surface area contributed by atoms with Gasteiger partial charge in [0.05, 0.1) is 5.56 Å². The SMILES string of the molecule is FC(F)c1ccnc(I)c1C(F)(F)F. The van der Waals surface area contributed by atoms with Crippen LogP contribution in [0.4, 0.5) is 22.0 Å². The number of aromatic nitrogens is 1. The molecule has 0 aliphatic rings. The molecule has 1 nitrogen and oxygen atoms in total. The van der Waals surface area contributed by atoms with E-state index in [4.69, 9.17) is 0 Å². The topological polar surface area (TPSA) is 12.9 Å². The van der Waals surface area contributed by atoms with Gasteiger partial charge in [-0.2, -0.15) is 13.2 Å². The van der Waals surface area contributed by atoms with Gasteiger partial charge >= 0.3 is 6.18 Å². The van der Waals surface area contributed by atoms with E-state index in [-0.39, 0.29) is 0 Å². The first-order valence-electron chi connectivity index (χ1n) is 3.33. The van der Waals surface area contributed by atoms with Gasteiger partial charge in [-0.1, -0.05) is 0 Å². The Kier molecular flexibility index (Phi) is 3.28. The van der Waals surface area contributed by atoms with Crippen molar-refractivity contribution in [2.24, 2.45) is 0 Å². The number of nitrogens with zero attached hydrogens (tertiary/aromatic N) is 1. The zero-order chi connectivity index (χ0) is 10.9. The average Bonchev–Trinajstić information content (AvgIpc) is 2.01. The quantitative estimate of drug-likeness (QED) is 0.437. The second-order valence-corrected chi connectivity index (χ2v) is 3.39. The lowest BCUT2D eigenvalue weighted by Crippen LogP contribution is -2.13. The fourth-order valence-corrected chi connectivity index (χ4v) is 1.69. The summed E-state index contributed by atoms with van der Waals surface area (Å²) >= 11 is 1.28. The molecule has 0 aliphatic heterocycles.